The van der Waals surface area contributed by atoms with Gasteiger partial charge in [0.15, 0.2) is 5.78 Å². The van der Waals surface area contributed by atoms with Crippen LogP contribution in [0.2, 0.25) is 0 Å². The number of nitrogens with zero attached hydrogens (tertiary/aromatic N) is 1. The summed E-state index contributed by atoms with van der Waals surface area (Å²) in [5.74, 6) is 0.863. The molecule has 2 aliphatic rings. The van der Waals surface area contributed by atoms with Crippen LogP contribution in [0.25, 0.3) is 11.1 Å². The van der Waals surface area contributed by atoms with Crippen LogP contribution in [-0.2, 0) is 0 Å². The minimum absolute atomic E-state index is 0.102. The summed E-state index contributed by atoms with van der Waals surface area (Å²) in [5.41, 5.74) is 3.59. The number of hydrogen-bond donors (Lipinski definition) is 0. The van der Waals surface area contributed by atoms with Crippen LogP contribution in [0.15, 0.2) is 42.5 Å². The molecule has 1 fully saturated rings. The lowest BCUT2D eigenvalue weighted by atomic mass is 10.1. The Balaban J connectivity index is 1.65. The molecule has 2 aromatic carbocycles. The zero-order valence-electron chi connectivity index (χ0n) is 11.8. The van der Waals surface area contributed by atoms with Crippen molar-refractivity contribution in [1.29, 1.82) is 0 Å². The quantitative estimate of drug-likeness (QED) is 0.716. The average molecular weight is 279 g/mol. The van der Waals surface area contributed by atoms with E-state index in [0.29, 0.717) is 0 Å². The van der Waals surface area contributed by atoms with Gasteiger partial charge in [0, 0.05) is 24.2 Å². The summed E-state index contributed by atoms with van der Waals surface area (Å²) >= 11 is 0. The van der Waals surface area contributed by atoms with Crippen molar-refractivity contribution in [3.05, 3.63) is 53.6 Å². The largest absolute Gasteiger partial charge is 0.406 e. The first kappa shape index (κ1) is 12.6. The number of carbonyl (C=O) groups is 1. The molecule has 0 saturated carbocycles. The van der Waals surface area contributed by atoms with Crippen molar-refractivity contribution in [2.45, 2.75) is 19.3 Å². The molecule has 3 heteroatoms. The van der Waals surface area contributed by atoms with Crippen LogP contribution in [0.4, 0.5) is 0 Å². The van der Waals surface area contributed by atoms with Crippen LogP contribution >= 0.6 is 0 Å². The van der Waals surface area contributed by atoms with Crippen molar-refractivity contribution in [2.75, 3.05) is 13.1 Å². The molecule has 1 heterocycles. The van der Waals surface area contributed by atoms with Crippen molar-refractivity contribution < 1.29 is 9.63 Å². The maximum Gasteiger partial charge on any atom is 0.194 e. The summed E-state index contributed by atoms with van der Waals surface area (Å²) in [7, 11) is 0. The molecule has 106 valence electrons. The smallest absolute Gasteiger partial charge is 0.194 e. The first-order valence-corrected chi connectivity index (χ1v) is 7.54. The molecular weight excluding hydrogens is 262 g/mol. The van der Waals surface area contributed by atoms with Gasteiger partial charge in [-0.15, -0.1) is 5.06 Å². The lowest BCUT2D eigenvalue weighted by Crippen LogP contribution is -2.32. The van der Waals surface area contributed by atoms with Gasteiger partial charge in [0.2, 0.25) is 0 Å². The van der Waals surface area contributed by atoms with Crippen molar-refractivity contribution in [3.63, 3.8) is 0 Å². The summed E-state index contributed by atoms with van der Waals surface area (Å²) in [6, 6.07) is 13.6. The van der Waals surface area contributed by atoms with Crippen molar-refractivity contribution in [3.8, 4) is 16.9 Å². The van der Waals surface area contributed by atoms with Gasteiger partial charge in [-0.3, -0.25) is 4.79 Å². The van der Waals surface area contributed by atoms with Crippen LogP contribution in [0.5, 0.6) is 5.75 Å². The van der Waals surface area contributed by atoms with E-state index < -0.39 is 0 Å². The Hall–Kier alpha value is -2.13. The van der Waals surface area contributed by atoms with E-state index in [-0.39, 0.29) is 5.78 Å². The van der Waals surface area contributed by atoms with Gasteiger partial charge in [0.05, 0.1) is 0 Å². The molecule has 0 N–H and O–H groups in total. The van der Waals surface area contributed by atoms with Crippen LogP contribution in [-0.4, -0.2) is 23.9 Å². The molecule has 1 saturated heterocycles. The Kier molecular flexibility index (Phi) is 3.00. The summed E-state index contributed by atoms with van der Waals surface area (Å²) in [6.45, 7) is 1.93. The Morgan fingerprint density at radius 2 is 1.52 bits per heavy atom. The second-order valence-electron chi connectivity index (χ2n) is 5.66. The Bertz CT molecular complexity index is 702. The molecule has 0 aromatic heterocycles. The molecule has 1 aliphatic heterocycles. The number of hydrogen-bond acceptors (Lipinski definition) is 3. The molecule has 0 spiro atoms. The molecular formula is C18H17NO2. The fourth-order valence-electron chi connectivity index (χ4n) is 3.17. The predicted octanol–water partition coefficient (Wildman–Crippen LogP) is 3.68. The molecule has 0 bridgehead atoms. The third-order valence-electron chi connectivity index (χ3n) is 4.25. The number of ketones is 1. The molecule has 21 heavy (non-hydrogen) atoms. The number of piperidine rings is 1. The highest BCUT2D eigenvalue weighted by molar-refractivity contribution is 6.21. The molecule has 0 radical (unpaired) electrons. The fraction of sp³-hybridized carbons (Fsp3) is 0.278. The molecule has 3 nitrogen and oxygen atoms in total. The zero-order chi connectivity index (χ0) is 14.2. The number of rotatable bonds is 2. The highest BCUT2D eigenvalue weighted by Crippen LogP contribution is 2.38. The van der Waals surface area contributed by atoms with E-state index in [1.807, 2.05) is 47.5 Å². The minimum atomic E-state index is 0.102. The molecule has 0 atom stereocenters. The van der Waals surface area contributed by atoms with E-state index in [0.717, 1.165) is 41.1 Å². The van der Waals surface area contributed by atoms with Gasteiger partial charge in [-0.2, -0.15) is 0 Å². The summed E-state index contributed by atoms with van der Waals surface area (Å²) in [5, 5.41) is 2.00. The minimum Gasteiger partial charge on any atom is -0.406 e. The third kappa shape index (κ3) is 2.14. The second-order valence-corrected chi connectivity index (χ2v) is 5.66. The van der Waals surface area contributed by atoms with Gasteiger partial charge in [-0.05, 0) is 42.2 Å². The summed E-state index contributed by atoms with van der Waals surface area (Å²) < 4.78 is 0. The zero-order valence-corrected chi connectivity index (χ0v) is 11.8. The van der Waals surface area contributed by atoms with E-state index in [2.05, 4.69) is 0 Å². The van der Waals surface area contributed by atoms with Crippen molar-refractivity contribution >= 4 is 5.78 Å². The highest BCUT2D eigenvalue weighted by Gasteiger charge is 2.26. The Labute approximate surface area is 124 Å². The van der Waals surface area contributed by atoms with Crippen molar-refractivity contribution in [2.24, 2.45) is 0 Å². The van der Waals surface area contributed by atoms with E-state index >= 15 is 0 Å². The monoisotopic (exact) mass is 279 g/mol. The van der Waals surface area contributed by atoms with Gasteiger partial charge in [0.1, 0.15) is 5.75 Å². The fourth-order valence-corrected chi connectivity index (χ4v) is 3.17. The lowest BCUT2D eigenvalue weighted by molar-refractivity contribution is -0.0720. The molecule has 0 unspecified atom stereocenters. The predicted molar refractivity (Wildman–Crippen MR) is 81.4 cm³/mol. The number of carbonyl (C=O) groups excluding carboxylic acids is 1. The summed E-state index contributed by atoms with van der Waals surface area (Å²) in [6.07, 6.45) is 3.63. The summed E-state index contributed by atoms with van der Waals surface area (Å²) in [4.78, 5) is 18.4. The second kappa shape index (κ2) is 5.01. The van der Waals surface area contributed by atoms with Crippen LogP contribution in [0.3, 0.4) is 0 Å². The van der Waals surface area contributed by atoms with Gasteiger partial charge < -0.3 is 4.84 Å². The van der Waals surface area contributed by atoms with Crippen molar-refractivity contribution in [1.82, 2.24) is 5.06 Å². The standard InChI is InChI=1S/C18H17NO2/c20-18-16-7-3-2-6-14(16)15-9-8-13(12-17(15)18)21-19-10-4-1-5-11-19/h2-3,6-9,12H,1,4-5,10-11H2. The first-order valence-electron chi connectivity index (χ1n) is 7.54. The van der Waals surface area contributed by atoms with E-state index in [9.17, 15) is 4.79 Å². The normalized spacial score (nSPS) is 17.4. The third-order valence-corrected chi connectivity index (χ3v) is 4.25. The highest BCUT2D eigenvalue weighted by atomic mass is 16.7. The topological polar surface area (TPSA) is 29.5 Å². The molecule has 2 aromatic rings. The first-order chi connectivity index (χ1) is 10.3. The average Bonchev–Trinajstić information content (AvgIpc) is 2.82. The number of hydroxylamine groups is 2. The molecule has 4 rings (SSSR count). The molecule has 1 aliphatic carbocycles. The van der Waals surface area contributed by atoms with Crippen LogP contribution in [0.1, 0.15) is 35.2 Å². The molecule has 0 amide bonds. The van der Waals surface area contributed by atoms with E-state index in [4.69, 9.17) is 4.84 Å². The Morgan fingerprint density at radius 1 is 0.810 bits per heavy atom. The Morgan fingerprint density at radius 3 is 2.33 bits per heavy atom. The van der Waals surface area contributed by atoms with Gasteiger partial charge >= 0.3 is 0 Å². The van der Waals surface area contributed by atoms with Crippen LogP contribution in [0, 0.1) is 0 Å². The van der Waals surface area contributed by atoms with E-state index in [1.54, 1.807) is 0 Å². The van der Waals surface area contributed by atoms with E-state index in [1.165, 1.54) is 19.3 Å². The number of fused-ring (bicyclic) bond motifs is 3. The van der Waals surface area contributed by atoms with Gasteiger partial charge in [0.25, 0.3) is 0 Å². The SMILES string of the molecule is O=C1c2ccccc2-c2ccc(ON3CCCCC3)cc21. The maximum absolute atomic E-state index is 12.5. The van der Waals surface area contributed by atoms with Crippen LogP contribution < -0.4 is 4.84 Å². The lowest BCUT2D eigenvalue weighted by Gasteiger charge is -2.26. The maximum atomic E-state index is 12.5. The van der Waals surface area contributed by atoms with Gasteiger partial charge in [-0.25, -0.2) is 0 Å². The number of benzene rings is 2. The van der Waals surface area contributed by atoms with Gasteiger partial charge in [-0.1, -0.05) is 30.7 Å².